The highest BCUT2D eigenvalue weighted by atomic mass is 19.4. The van der Waals surface area contributed by atoms with Crippen molar-refractivity contribution >= 4 is 5.82 Å². The minimum atomic E-state index is -4.69. The summed E-state index contributed by atoms with van der Waals surface area (Å²) < 4.78 is 41.5. The number of pyridine rings is 1. The summed E-state index contributed by atoms with van der Waals surface area (Å²) in [6.07, 6.45) is -1.08. The van der Waals surface area contributed by atoms with Crippen LogP contribution in [0.25, 0.3) is 11.1 Å². The first-order valence-electron chi connectivity index (χ1n) is 8.33. The Balaban J connectivity index is 1.72. The lowest BCUT2D eigenvalue weighted by Gasteiger charge is -2.42. The van der Waals surface area contributed by atoms with E-state index in [-0.39, 0.29) is 5.75 Å². The molecule has 4 nitrogen and oxygen atoms in total. The molecule has 2 aliphatic heterocycles. The molecule has 132 valence electrons. The fourth-order valence-corrected chi connectivity index (χ4v) is 3.72. The Morgan fingerprint density at radius 1 is 1.24 bits per heavy atom. The van der Waals surface area contributed by atoms with Crippen LogP contribution in [0.1, 0.15) is 12.0 Å². The normalized spacial score (nSPS) is 20.0. The van der Waals surface area contributed by atoms with E-state index < -0.39 is 6.36 Å². The quantitative estimate of drug-likeness (QED) is 0.902. The molecule has 2 aliphatic rings. The van der Waals surface area contributed by atoms with Crippen LogP contribution in [0, 0.1) is 0 Å². The molecule has 7 heteroatoms. The van der Waals surface area contributed by atoms with Crippen molar-refractivity contribution in [2.75, 3.05) is 24.5 Å². The van der Waals surface area contributed by atoms with Gasteiger partial charge < -0.3 is 15.0 Å². The Kier molecular flexibility index (Phi) is 4.03. The lowest BCUT2D eigenvalue weighted by molar-refractivity contribution is -0.274. The molecule has 1 fully saturated rings. The second kappa shape index (κ2) is 6.22. The fraction of sp³-hybridized carbons (Fsp3) is 0.389. The summed E-state index contributed by atoms with van der Waals surface area (Å²) in [5.41, 5.74) is 2.74. The molecular weight excluding hydrogens is 331 g/mol. The SMILES string of the molecule is FC(F)(F)Oc1cccc(-c2ccnc3c2CC[C@@H]2CNCCN32)c1. The first kappa shape index (κ1) is 16.2. The van der Waals surface area contributed by atoms with Gasteiger partial charge in [-0.15, -0.1) is 13.2 Å². The van der Waals surface area contributed by atoms with Gasteiger partial charge in [0.2, 0.25) is 0 Å². The van der Waals surface area contributed by atoms with Gasteiger partial charge in [-0.3, -0.25) is 0 Å². The molecule has 1 atom stereocenters. The van der Waals surface area contributed by atoms with Crippen LogP contribution in [0.3, 0.4) is 0 Å². The second-order valence-corrected chi connectivity index (χ2v) is 6.33. The topological polar surface area (TPSA) is 37.4 Å². The van der Waals surface area contributed by atoms with Crippen LogP contribution >= 0.6 is 0 Å². The molecule has 2 aromatic rings. The van der Waals surface area contributed by atoms with E-state index in [4.69, 9.17) is 0 Å². The third-order valence-electron chi connectivity index (χ3n) is 4.76. The van der Waals surface area contributed by atoms with E-state index in [1.54, 1.807) is 12.3 Å². The summed E-state index contributed by atoms with van der Waals surface area (Å²) in [6, 6.07) is 8.45. The number of halogens is 3. The monoisotopic (exact) mass is 349 g/mol. The summed E-state index contributed by atoms with van der Waals surface area (Å²) in [4.78, 5) is 6.87. The Labute approximate surface area is 143 Å². The average Bonchev–Trinajstić information content (AvgIpc) is 2.60. The van der Waals surface area contributed by atoms with E-state index in [0.717, 1.165) is 49.4 Å². The number of piperazine rings is 1. The Morgan fingerprint density at radius 3 is 2.96 bits per heavy atom. The van der Waals surface area contributed by atoms with Gasteiger partial charge in [0.25, 0.3) is 0 Å². The van der Waals surface area contributed by atoms with Crippen molar-refractivity contribution in [3.63, 3.8) is 0 Å². The second-order valence-electron chi connectivity index (χ2n) is 6.33. The molecular formula is C18H18F3N3O. The lowest BCUT2D eigenvalue weighted by Crippen LogP contribution is -2.53. The van der Waals surface area contributed by atoms with E-state index in [2.05, 4.69) is 19.9 Å². The number of nitrogens with one attached hydrogen (secondary N) is 1. The zero-order chi connectivity index (χ0) is 17.4. The number of anilines is 1. The Hall–Kier alpha value is -2.28. The third kappa shape index (κ3) is 3.28. The summed E-state index contributed by atoms with van der Waals surface area (Å²) in [5.74, 6) is 0.754. The van der Waals surface area contributed by atoms with Crippen LogP contribution in [-0.4, -0.2) is 37.0 Å². The lowest BCUT2D eigenvalue weighted by atomic mass is 9.91. The highest BCUT2D eigenvalue weighted by molar-refractivity contribution is 5.74. The maximum Gasteiger partial charge on any atom is 0.573 e. The third-order valence-corrected chi connectivity index (χ3v) is 4.76. The van der Waals surface area contributed by atoms with Gasteiger partial charge in [-0.2, -0.15) is 0 Å². The zero-order valence-corrected chi connectivity index (χ0v) is 13.5. The number of alkyl halides is 3. The first-order chi connectivity index (χ1) is 12.0. The van der Waals surface area contributed by atoms with Crippen LogP contribution in [-0.2, 0) is 6.42 Å². The van der Waals surface area contributed by atoms with E-state index in [1.165, 1.54) is 12.1 Å². The smallest absolute Gasteiger partial charge is 0.406 e. The largest absolute Gasteiger partial charge is 0.573 e. The van der Waals surface area contributed by atoms with E-state index >= 15 is 0 Å². The van der Waals surface area contributed by atoms with Crippen molar-refractivity contribution in [1.29, 1.82) is 0 Å². The van der Waals surface area contributed by atoms with Gasteiger partial charge in [0.05, 0.1) is 0 Å². The number of fused-ring (bicyclic) bond motifs is 3. The van der Waals surface area contributed by atoms with E-state index in [0.29, 0.717) is 11.6 Å². The molecule has 0 aliphatic carbocycles. The summed E-state index contributed by atoms with van der Waals surface area (Å²) in [5, 5.41) is 3.40. The molecule has 3 heterocycles. The molecule has 0 bridgehead atoms. The van der Waals surface area contributed by atoms with Crippen molar-refractivity contribution in [3.05, 3.63) is 42.1 Å². The highest BCUT2D eigenvalue weighted by Crippen LogP contribution is 2.37. The molecule has 0 radical (unpaired) electrons. The molecule has 0 amide bonds. The van der Waals surface area contributed by atoms with Gasteiger partial charge in [0, 0.05) is 37.4 Å². The van der Waals surface area contributed by atoms with Crippen molar-refractivity contribution in [2.45, 2.75) is 25.2 Å². The fourth-order valence-electron chi connectivity index (χ4n) is 3.72. The van der Waals surface area contributed by atoms with E-state index in [9.17, 15) is 13.2 Å². The molecule has 0 spiro atoms. The maximum absolute atomic E-state index is 12.5. The van der Waals surface area contributed by atoms with Crippen LogP contribution in [0.5, 0.6) is 5.75 Å². The number of benzene rings is 1. The number of aromatic nitrogens is 1. The van der Waals surface area contributed by atoms with Gasteiger partial charge in [-0.25, -0.2) is 4.98 Å². The predicted octanol–water partition coefficient (Wildman–Crippen LogP) is 3.37. The number of nitrogens with zero attached hydrogens (tertiary/aromatic N) is 2. The van der Waals surface area contributed by atoms with Crippen LogP contribution in [0.4, 0.5) is 19.0 Å². The molecule has 0 unspecified atom stereocenters. The summed E-state index contributed by atoms with van der Waals surface area (Å²) in [6.45, 7) is 2.75. The standard InChI is InChI=1S/C18H18F3N3O/c19-18(20,21)25-14-3-1-2-12(10-14)15-6-7-23-17-16(15)5-4-13-11-22-8-9-24(13)17/h1-3,6-7,10,13,22H,4-5,8-9,11H2/t13-/m1/s1. The van der Waals surface area contributed by atoms with Crippen LogP contribution < -0.4 is 15.0 Å². The maximum atomic E-state index is 12.5. The number of hydrogen-bond acceptors (Lipinski definition) is 4. The van der Waals surface area contributed by atoms with Crippen molar-refractivity contribution in [2.24, 2.45) is 0 Å². The van der Waals surface area contributed by atoms with Crippen molar-refractivity contribution in [3.8, 4) is 16.9 Å². The molecule has 1 aromatic carbocycles. The minimum Gasteiger partial charge on any atom is -0.406 e. The van der Waals surface area contributed by atoms with E-state index in [1.807, 2.05) is 12.1 Å². The molecule has 0 saturated carbocycles. The predicted molar refractivity (Wildman–Crippen MR) is 88.7 cm³/mol. The molecule has 25 heavy (non-hydrogen) atoms. The van der Waals surface area contributed by atoms with Gasteiger partial charge >= 0.3 is 6.36 Å². The van der Waals surface area contributed by atoms with Gasteiger partial charge in [0.15, 0.2) is 0 Å². The average molecular weight is 349 g/mol. The van der Waals surface area contributed by atoms with Crippen molar-refractivity contribution in [1.82, 2.24) is 10.3 Å². The molecule has 1 aromatic heterocycles. The zero-order valence-electron chi connectivity index (χ0n) is 13.5. The van der Waals surface area contributed by atoms with Crippen LogP contribution in [0.15, 0.2) is 36.5 Å². The van der Waals surface area contributed by atoms with Crippen molar-refractivity contribution < 1.29 is 17.9 Å². The summed E-state index contributed by atoms with van der Waals surface area (Å²) in [7, 11) is 0. The molecule has 1 saturated heterocycles. The Bertz CT molecular complexity index is 778. The Morgan fingerprint density at radius 2 is 2.12 bits per heavy atom. The number of ether oxygens (including phenoxy) is 1. The van der Waals surface area contributed by atoms with Crippen LogP contribution in [0.2, 0.25) is 0 Å². The number of hydrogen-bond donors (Lipinski definition) is 1. The summed E-state index contributed by atoms with van der Waals surface area (Å²) >= 11 is 0. The van der Waals surface area contributed by atoms with Gasteiger partial charge in [0.1, 0.15) is 11.6 Å². The first-order valence-corrected chi connectivity index (χ1v) is 8.33. The molecule has 1 N–H and O–H groups in total. The van der Waals surface area contributed by atoms with Gasteiger partial charge in [-0.1, -0.05) is 12.1 Å². The highest BCUT2D eigenvalue weighted by Gasteiger charge is 2.32. The minimum absolute atomic E-state index is 0.202. The number of rotatable bonds is 2. The van der Waals surface area contributed by atoms with Gasteiger partial charge in [-0.05, 0) is 42.2 Å². The molecule has 4 rings (SSSR count).